The van der Waals surface area contributed by atoms with Gasteiger partial charge in [0.15, 0.2) is 6.10 Å². The van der Waals surface area contributed by atoms with Crippen LogP contribution < -0.4 is 0 Å². The molecule has 1 aromatic carbocycles. The molecule has 3 nitrogen and oxygen atoms in total. The molecule has 15 heavy (non-hydrogen) atoms. The predicted octanol–water partition coefficient (Wildman–Crippen LogP) is 2.16. The molecule has 1 atom stereocenters. The Morgan fingerprint density at radius 3 is 2.87 bits per heavy atom. The largest absolute Gasteiger partial charge is 0.394 e. The molecule has 80 valence electrons. The first-order valence-electron chi connectivity index (χ1n) is 4.26. The van der Waals surface area contributed by atoms with Crippen molar-refractivity contribution in [1.82, 2.24) is 0 Å². The van der Waals surface area contributed by atoms with E-state index in [0.29, 0.717) is 10.0 Å². The van der Waals surface area contributed by atoms with E-state index in [2.05, 4.69) is 15.9 Å². The smallest absolute Gasteiger partial charge is 0.169 e. The molecular weight excluding hydrogens is 265 g/mol. The van der Waals surface area contributed by atoms with Crippen LogP contribution in [-0.4, -0.2) is 18.3 Å². The lowest BCUT2D eigenvalue weighted by molar-refractivity contribution is 0.0580. The van der Waals surface area contributed by atoms with Crippen molar-refractivity contribution in [2.75, 3.05) is 13.2 Å². The molecule has 1 N–H and O–H groups in total. The molecule has 5 heteroatoms. The number of hydrogen-bond acceptors (Lipinski definition) is 3. The van der Waals surface area contributed by atoms with Crippen LogP contribution in [0.25, 0.3) is 0 Å². The van der Waals surface area contributed by atoms with E-state index in [-0.39, 0.29) is 13.2 Å². The minimum atomic E-state index is -0.847. The van der Waals surface area contributed by atoms with E-state index < -0.39 is 11.9 Å². The van der Waals surface area contributed by atoms with Crippen LogP contribution in [0.5, 0.6) is 0 Å². The fourth-order valence-electron chi connectivity index (χ4n) is 1.05. The summed E-state index contributed by atoms with van der Waals surface area (Å²) in [5, 5.41) is 17.3. The molecule has 0 aliphatic rings. The maximum absolute atomic E-state index is 13.1. The number of aliphatic hydroxyl groups excluding tert-OH is 1. The van der Waals surface area contributed by atoms with Gasteiger partial charge < -0.3 is 9.84 Å². The van der Waals surface area contributed by atoms with E-state index in [1.165, 1.54) is 12.1 Å². The van der Waals surface area contributed by atoms with Gasteiger partial charge in [-0.15, -0.1) is 0 Å². The lowest BCUT2D eigenvalue weighted by Crippen LogP contribution is -2.06. The molecule has 0 amide bonds. The van der Waals surface area contributed by atoms with Crippen LogP contribution in [0.1, 0.15) is 11.7 Å². The monoisotopic (exact) mass is 273 g/mol. The van der Waals surface area contributed by atoms with Crippen molar-refractivity contribution in [1.29, 1.82) is 5.26 Å². The number of aliphatic hydroxyl groups is 1. The molecule has 0 bridgehead atoms. The van der Waals surface area contributed by atoms with Crippen LogP contribution in [0.15, 0.2) is 22.7 Å². The van der Waals surface area contributed by atoms with E-state index in [0.717, 1.165) is 0 Å². The fraction of sp³-hybridized carbons (Fsp3) is 0.300. The second kappa shape index (κ2) is 5.81. The van der Waals surface area contributed by atoms with E-state index >= 15 is 0 Å². The Kier molecular flexibility index (Phi) is 4.69. The van der Waals surface area contributed by atoms with Gasteiger partial charge in [-0.3, -0.25) is 0 Å². The Morgan fingerprint density at radius 1 is 1.60 bits per heavy atom. The van der Waals surface area contributed by atoms with Crippen LogP contribution >= 0.6 is 15.9 Å². The second-order valence-electron chi connectivity index (χ2n) is 2.78. The van der Waals surface area contributed by atoms with Crippen molar-refractivity contribution in [3.05, 3.63) is 34.1 Å². The van der Waals surface area contributed by atoms with Crippen molar-refractivity contribution in [3.63, 3.8) is 0 Å². The van der Waals surface area contributed by atoms with Crippen molar-refractivity contribution < 1.29 is 14.2 Å². The predicted molar refractivity (Wildman–Crippen MR) is 55.5 cm³/mol. The highest BCUT2D eigenvalue weighted by molar-refractivity contribution is 9.10. The third-order valence-electron chi connectivity index (χ3n) is 1.74. The topological polar surface area (TPSA) is 53.2 Å². The summed E-state index contributed by atoms with van der Waals surface area (Å²) in [5.41, 5.74) is 0.437. The minimum absolute atomic E-state index is 0.0515. The van der Waals surface area contributed by atoms with Crippen LogP contribution in [0, 0.1) is 17.1 Å². The van der Waals surface area contributed by atoms with Gasteiger partial charge in [0.1, 0.15) is 5.82 Å². The highest BCUT2D eigenvalue weighted by Gasteiger charge is 2.12. The Morgan fingerprint density at radius 2 is 2.33 bits per heavy atom. The van der Waals surface area contributed by atoms with Gasteiger partial charge in [0, 0.05) is 0 Å². The molecule has 0 saturated heterocycles. The third-order valence-corrected chi connectivity index (χ3v) is 2.38. The standard InChI is InChI=1S/C10H9BrFNO2/c11-8-2-1-7(5-9(8)12)10(6-13)15-4-3-14/h1-2,5,10,14H,3-4H2. The average Bonchev–Trinajstić information content (AvgIpc) is 2.24. The summed E-state index contributed by atoms with van der Waals surface area (Å²) in [7, 11) is 0. The Labute approximate surface area is 95.2 Å². The second-order valence-corrected chi connectivity index (χ2v) is 3.63. The Hall–Kier alpha value is -0.960. The fourth-order valence-corrected chi connectivity index (χ4v) is 1.30. The van der Waals surface area contributed by atoms with E-state index in [1.807, 2.05) is 6.07 Å². The first kappa shape index (κ1) is 12.1. The number of nitrogens with zero attached hydrogens (tertiary/aromatic N) is 1. The summed E-state index contributed by atoms with van der Waals surface area (Å²) in [5.74, 6) is -0.444. The van der Waals surface area contributed by atoms with Crippen molar-refractivity contribution >= 4 is 15.9 Å². The van der Waals surface area contributed by atoms with Gasteiger partial charge in [-0.2, -0.15) is 5.26 Å². The maximum Gasteiger partial charge on any atom is 0.169 e. The van der Waals surface area contributed by atoms with Gasteiger partial charge in [-0.05, 0) is 33.6 Å². The quantitative estimate of drug-likeness (QED) is 0.915. The Balaban J connectivity index is 2.84. The van der Waals surface area contributed by atoms with Gasteiger partial charge in [-0.1, -0.05) is 6.07 Å². The first-order chi connectivity index (χ1) is 7.19. The van der Waals surface area contributed by atoms with Gasteiger partial charge in [-0.25, -0.2) is 4.39 Å². The lowest BCUT2D eigenvalue weighted by atomic mass is 10.1. The van der Waals surface area contributed by atoms with E-state index in [1.54, 1.807) is 6.07 Å². The SMILES string of the molecule is N#CC(OCCO)c1ccc(Br)c(F)c1. The normalized spacial score (nSPS) is 12.1. The number of hydrogen-bond donors (Lipinski definition) is 1. The summed E-state index contributed by atoms with van der Waals surface area (Å²) in [6.45, 7) is -0.118. The summed E-state index contributed by atoms with van der Waals surface area (Å²) in [4.78, 5) is 0. The molecule has 0 aromatic heterocycles. The van der Waals surface area contributed by atoms with Gasteiger partial charge in [0.25, 0.3) is 0 Å². The molecule has 0 saturated carbocycles. The summed E-state index contributed by atoms with van der Waals surface area (Å²) in [6.07, 6.45) is -0.847. The van der Waals surface area contributed by atoms with Crippen LogP contribution in [0.2, 0.25) is 0 Å². The molecular formula is C10H9BrFNO2. The zero-order valence-corrected chi connectivity index (χ0v) is 9.37. The molecule has 0 fully saturated rings. The molecule has 1 aromatic rings. The van der Waals surface area contributed by atoms with Gasteiger partial charge >= 0.3 is 0 Å². The zero-order valence-electron chi connectivity index (χ0n) is 7.78. The molecule has 1 rings (SSSR count). The molecule has 0 spiro atoms. The van der Waals surface area contributed by atoms with Gasteiger partial charge in [0.2, 0.25) is 0 Å². The first-order valence-corrected chi connectivity index (χ1v) is 5.05. The van der Waals surface area contributed by atoms with Gasteiger partial charge in [0.05, 0.1) is 23.8 Å². The summed E-state index contributed by atoms with van der Waals surface area (Å²) >= 11 is 3.01. The van der Waals surface area contributed by atoms with Crippen LogP contribution in [0.3, 0.4) is 0 Å². The molecule has 0 heterocycles. The molecule has 0 aliphatic carbocycles. The number of halogens is 2. The Bertz CT molecular complexity index is 378. The highest BCUT2D eigenvalue weighted by atomic mass is 79.9. The molecule has 1 unspecified atom stereocenters. The van der Waals surface area contributed by atoms with Crippen molar-refractivity contribution in [2.24, 2.45) is 0 Å². The van der Waals surface area contributed by atoms with E-state index in [9.17, 15) is 4.39 Å². The maximum atomic E-state index is 13.1. The number of nitriles is 1. The molecule has 0 radical (unpaired) electrons. The van der Waals surface area contributed by atoms with Crippen LogP contribution in [0.4, 0.5) is 4.39 Å². The summed E-state index contributed by atoms with van der Waals surface area (Å²) < 4.78 is 18.5. The number of ether oxygens (including phenoxy) is 1. The number of benzene rings is 1. The van der Waals surface area contributed by atoms with E-state index in [4.69, 9.17) is 15.1 Å². The summed E-state index contributed by atoms with van der Waals surface area (Å²) in [6, 6.07) is 6.22. The number of rotatable bonds is 4. The van der Waals surface area contributed by atoms with Crippen molar-refractivity contribution in [3.8, 4) is 6.07 Å². The highest BCUT2D eigenvalue weighted by Crippen LogP contribution is 2.22. The third kappa shape index (κ3) is 3.27. The van der Waals surface area contributed by atoms with Crippen molar-refractivity contribution in [2.45, 2.75) is 6.10 Å². The lowest BCUT2D eigenvalue weighted by Gasteiger charge is -2.10. The minimum Gasteiger partial charge on any atom is -0.394 e. The van der Waals surface area contributed by atoms with Crippen LogP contribution in [-0.2, 0) is 4.74 Å². The zero-order chi connectivity index (χ0) is 11.3. The molecule has 0 aliphatic heterocycles. The average molecular weight is 274 g/mol.